The second-order valence-corrected chi connectivity index (χ2v) is 3.37. The molecule has 72 valence electrons. The maximum absolute atomic E-state index is 5.04. The van der Waals surface area contributed by atoms with Gasteiger partial charge in [0.05, 0.1) is 5.33 Å². The summed E-state index contributed by atoms with van der Waals surface area (Å²) in [4.78, 5) is 8.43. The van der Waals surface area contributed by atoms with E-state index in [-0.39, 0.29) is 0 Å². The van der Waals surface area contributed by atoms with Crippen molar-refractivity contribution in [2.45, 2.75) is 12.3 Å². The van der Waals surface area contributed by atoms with Crippen LogP contribution in [0.15, 0.2) is 22.7 Å². The molecule has 0 aromatic carbocycles. The Morgan fingerprint density at radius 3 is 2.86 bits per heavy atom. The van der Waals surface area contributed by atoms with Crippen LogP contribution in [0.3, 0.4) is 0 Å². The zero-order valence-corrected chi connectivity index (χ0v) is 9.15. The Labute approximate surface area is 89.5 Å². The van der Waals surface area contributed by atoms with Crippen molar-refractivity contribution in [3.8, 4) is 11.6 Å². The van der Waals surface area contributed by atoms with Crippen LogP contribution < -0.4 is 0 Å². The first-order valence-electron chi connectivity index (χ1n) is 4.12. The topological polar surface area (TPSA) is 51.8 Å². The van der Waals surface area contributed by atoms with Gasteiger partial charge in [0.1, 0.15) is 5.69 Å². The molecular weight excluding hydrogens is 246 g/mol. The van der Waals surface area contributed by atoms with Gasteiger partial charge in [-0.15, -0.1) is 0 Å². The summed E-state index contributed by atoms with van der Waals surface area (Å²) in [6.07, 6.45) is 0. The largest absolute Gasteiger partial charge is 0.332 e. The van der Waals surface area contributed by atoms with E-state index in [2.05, 4.69) is 31.1 Å². The molecule has 0 atom stereocenters. The highest BCUT2D eigenvalue weighted by Crippen LogP contribution is 2.15. The Hall–Kier alpha value is -1.23. The third-order valence-corrected chi connectivity index (χ3v) is 2.20. The number of aryl methyl sites for hydroxylation is 1. The Balaban J connectivity index is 2.39. The first-order chi connectivity index (χ1) is 6.79. The highest BCUT2D eigenvalue weighted by Gasteiger charge is 2.08. The summed E-state index contributed by atoms with van der Waals surface area (Å²) in [6.45, 7) is 1.92. The van der Waals surface area contributed by atoms with Gasteiger partial charge in [-0.1, -0.05) is 27.2 Å². The molecule has 2 heterocycles. The average molecular weight is 254 g/mol. The minimum Gasteiger partial charge on any atom is -0.332 e. The van der Waals surface area contributed by atoms with Gasteiger partial charge in [-0.05, 0) is 19.1 Å². The fraction of sp³-hybridized carbons (Fsp3) is 0.222. The van der Waals surface area contributed by atoms with Crippen molar-refractivity contribution >= 4 is 15.9 Å². The molecule has 4 nitrogen and oxygen atoms in total. The molecule has 0 aliphatic heterocycles. The molecule has 0 saturated heterocycles. The molecule has 0 fully saturated rings. The van der Waals surface area contributed by atoms with Crippen molar-refractivity contribution in [3.63, 3.8) is 0 Å². The van der Waals surface area contributed by atoms with E-state index in [1.54, 1.807) is 0 Å². The van der Waals surface area contributed by atoms with Crippen LogP contribution in [0.2, 0.25) is 0 Å². The molecule has 0 aliphatic rings. The van der Waals surface area contributed by atoms with Gasteiger partial charge >= 0.3 is 0 Å². The quantitative estimate of drug-likeness (QED) is 0.772. The van der Waals surface area contributed by atoms with Gasteiger partial charge < -0.3 is 4.52 Å². The van der Waals surface area contributed by atoms with Crippen LogP contribution in [-0.4, -0.2) is 15.1 Å². The molecule has 0 saturated carbocycles. The average Bonchev–Trinajstić information content (AvgIpc) is 2.66. The lowest BCUT2D eigenvalue weighted by atomic mass is 10.3. The molecule has 2 rings (SSSR count). The fourth-order valence-corrected chi connectivity index (χ4v) is 1.30. The third kappa shape index (κ3) is 1.82. The van der Waals surface area contributed by atoms with Crippen LogP contribution in [0.5, 0.6) is 0 Å². The van der Waals surface area contributed by atoms with E-state index < -0.39 is 0 Å². The maximum atomic E-state index is 5.04. The molecule has 0 radical (unpaired) electrons. The predicted octanol–water partition coefficient (Wildman–Crippen LogP) is 2.33. The van der Waals surface area contributed by atoms with Crippen molar-refractivity contribution in [3.05, 3.63) is 29.7 Å². The minimum atomic E-state index is 0.461. The first-order valence-corrected chi connectivity index (χ1v) is 5.24. The number of hydrogen-bond donors (Lipinski definition) is 0. The normalized spacial score (nSPS) is 10.4. The zero-order valence-electron chi connectivity index (χ0n) is 7.57. The Bertz CT molecular complexity index is 441. The summed E-state index contributed by atoms with van der Waals surface area (Å²) in [6, 6.07) is 5.68. The van der Waals surface area contributed by atoms with Crippen molar-refractivity contribution in [2.24, 2.45) is 0 Å². The first kappa shape index (κ1) is 9.33. The molecule has 0 unspecified atom stereocenters. The monoisotopic (exact) mass is 253 g/mol. The number of pyridine rings is 1. The molecule has 14 heavy (non-hydrogen) atoms. The fourth-order valence-electron chi connectivity index (χ4n) is 1.07. The highest BCUT2D eigenvalue weighted by atomic mass is 79.9. The maximum Gasteiger partial charge on any atom is 0.276 e. The van der Waals surface area contributed by atoms with Gasteiger partial charge in [0.25, 0.3) is 5.89 Å². The van der Waals surface area contributed by atoms with E-state index in [9.17, 15) is 0 Å². The number of alkyl halides is 1. The lowest BCUT2D eigenvalue weighted by Crippen LogP contribution is -1.86. The number of rotatable bonds is 2. The van der Waals surface area contributed by atoms with Gasteiger partial charge in [0.2, 0.25) is 0 Å². The van der Waals surface area contributed by atoms with Gasteiger partial charge in [0, 0.05) is 5.69 Å². The second kappa shape index (κ2) is 3.88. The van der Waals surface area contributed by atoms with E-state index in [1.165, 1.54) is 0 Å². The Morgan fingerprint density at radius 1 is 1.36 bits per heavy atom. The van der Waals surface area contributed by atoms with Crippen LogP contribution in [-0.2, 0) is 5.33 Å². The molecule has 0 amide bonds. The van der Waals surface area contributed by atoms with Crippen LogP contribution >= 0.6 is 15.9 Å². The van der Waals surface area contributed by atoms with Crippen LogP contribution in [0.1, 0.15) is 11.5 Å². The lowest BCUT2D eigenvalue weighted by molar-refractivity contribution is 0.424. The Kier molecular flexibility index (Phi) is 2.58. The molecule has 5 heteroatoms. The minimum absolute atomic E-state index is 0.461. The van der Waals surface area contributed by atoms with Crippen LogP contribution in [0, 0.1) is 6.92 Å². The van der Waals surface area contributed by atoms with Gasteiger partial charge in [0.15, 0.2) is 5.82 Å². The van der Waals surface area contributed by atoms with Gasteiger partial charge in [-0.3, -0.25) is 0 Å². The summed E-state index contributed by atoms with van der Waals surface area (Å²) in [5.74, 6) is 1.09. The third-order valence-electron chi connectivity index (χ3n) is 1.70. The second-order valence-electron chi connectivity index (χ2n) is 2.81. The van der Waals surface area contributed by atoms with Crippen LogP contribution in [0.25, 0.3) is 11.6 Å². The smallest absolute Gasteiger partial charge is 0.276 e. The SMILES string of the molecule is Cc1cccc(-c2nc(CBr)no2)n1. The zero-order chi connectivity index (χ0) is 9.97. The highest BCUT2D eigenvalue weighted by molar-refractivity contribution is 9.08. The van der Waals surface area contributed by atoms with Crippen LogP contribution in [0.4, 0.5) is 0 Å². The van der Waals surface area contributed by atoms with Crippen molar-refractivity contribution in [1.29, 1.82) is 0 Å². The Morgan fingerprint density at radius 2 is 2.21 bits per heavy atom. The van der Waals surface area contributed by atoms with E-state index in [0.29, 0.717) is 22.7 Å². The molecule has 0 aliphatic carbocycles. The summed E-state index contributed by atoms with van der Waals surface area (Å²) < 4.78 is 5.04. The van der Waals surface area contributed by atoms with Gasteiger partial charge in [-0.25, -0.2) is 4.98 Å². The van der Waals surface area contributed by atoms with Crippen molar-refractivity contribution in [1.82, 2.24) is 15.1 Å². The number of hydrogen-bond acceptors (Lipinski definition) is 4. The van der Waals surface area contributed by atoms with E-state index in [1.807, 2.05) is 25.1 Å². The summed E-state index contributed by atoms with van der Waals surface area (Å²) in [5, 5.41) is 4.35. The number of halogens is 1. The van der Waals surface area contributed by atoms with E-state index in [4.69, 9.17) is 4.52 Å². The summed E-state index contributed by atoms with van der Waals surface area (Å²) >= 11 is 3.25. The standard InChI is InChI=1S/C9H8BrN3O/c1-6-3-2-4-7(11-6)9-12-8(5-10)13-14-9/h2-4H,5H2,1H3. The number of nitrogens with zero attached hydrogens (tertiary/aromatic N) is 3. The van der Waals surface area contributed by atoms with Crippen molar-refractivity contribution in [2.75, 3.05) is 0 Å². The molecule has 0 spiro atoms. The molecule has 2 aromatic rings. The van der Waals surface area contributed by atoms with E-state index >= 15 is 0 Å². The number of aromatic nitrogens is 3. The van der Waals surface area contributed by atoms with Gasteiger partial charge in [-0.2, -0.15) is 4.98 Å². The summed E-state index contributed by atoms with van der Waals surface area (Å²) in [7, 11) is 0. The lowest BCUT2D eigenvalue weighted by Gasteiger charge is -1.93. The molecule has 0 bridgehead atoms. The molecule has 2 aromatic heterocycles. The predicted molar refractivity (Wildman–Crippen MR) is 54.9 cm³/mol. The molecular formula is C9H8BrN3O. The molecule has 0 N–H and O–H groups in total. The summed E-state index contributed by atoms with van der Waals surface area (Å²) in [5.41, 5.74) is 1.64. The van der Waals surface area contributed by atoms with Crippen molar-refractivity contribution < 1.29 is 4.52 Å². The van der Waals surface area contributed by atoms with E-state index in [0.717, 1.165) is 5.69 Å².